The van der Waals surface area contributed by atoms with Gasteiger partial charge in [0.15, 0.2) is 0 Å². The number of hydrogen-bond acceptors (Lipinski definition) is 5. The number of nitrogens with one attached hydrogen (secondary N) is 4. The van der Waals surface area contributed by atoms with Crippen molar-refractivity contribution in [1.82, 2.24) is 10.0 Å². The molecule has 0 bridgehead atoms. The number of halogens is 1. The van der Waals surface area contributed by atoms with Gasteiger partial charge in [0.2, 0.25) is 0 Å². The fraction of sp³-hybridized carbons (Fsp3) is 0.211. The van der Waals surface area contributed by atoms with Gasteiger partial charge in [0.1, 0.15) is 5.82 Å². The molecule has 0 radical (unpaired) electrons. The summed E-state index contributed by atoms with van der Waals surface area (Å²) in [6, 6.07) is 12.3. The van der Waals surface area contributed by atoms with Crippen molar-refractivity contribution < 1.29 is 4.39 Å². The van der Waals surface area contributed by atoms with Gasteiger partial charge in [-0.1, -0.05) is 30.1 Å². The molecule has 0 aliphatic carbocycles. The number of rotatable bonds is 9. The lowest BCUT2D eigenvalue weighted by Gasteiger charge is -2.14. The maximum atomic E-state index is 13.1. The fourth-order valence-electron chi connectivity index (χ4n) is 2.34. The summed E-state index contributed by atoms with van der Waals surface area (Å²) in [4.78, 5) is 0. The van der Waals surface area contributed by atoms with Crippen molar-refractivity contribution >= 4 is 23.3 Å². The number of anilines is 1. The van der Waals surface area contributed by atoms with Gasteiger partial charge in [-0.15, -0.1) is 0 Å². The molecule has 4 N–H and O–H groups in total. The molecular formula is C19H23FN4S. The van der Waals surface area contributed by atoms with Gasteiger partial charge < -0.3 is 16.0 Å². The summed E-state index contributed by atoms with van der Waals surface area (Å²) in [5.41, 5.74) is 4.00. The smallest absolute Gasteiger partial charge is 0.123 e. The van der Waals surface area contributed by atoms with E-state index in [-0.39, 0.29) is 5.82 Å². The van der Waals surface area contributed by atoms with Crippen molar-refractivity contribution in [2.45, 2.75) is 0 Å². The molecule has 0 amide bonds. The molecular weight excluding hydrogens is 335 g/mol. The summed E-state index contributed by atoms with van der Waals surface area (Å²) in [6.07, 6.45) is 3.45. The van der Waals surface area contributed by atoms with Crippen molar-refractivity contribution in [3.63, 3.8) is 0 Å². The highest BCUT2D eigenvalue weighted by atomic mass is 32.2. The average molecular weight is 358 g/mol. The SMILES string of the molecule is CN/C=C\C(=N)c1cc(-c2ccc(F)cc2)ccc1NCCSNC. The first-order valence-electron chi connectivity index (χ1n) is 8.01. The molecule has 0 aliphatic heterocycles. The van der Waals surface area contributed by atoms with Gasteiger partial charge in [0, 0.05) is 30.6 Å². The maximum absolute atomic E-state index is 13.1. The van der Waals surface area contributed by atoms with Crippen LogP contribution in [-0.2, 0) is 0 Å². The topological polar surface area (TPSA) is 59.9 Å². The van der Waals surface area contributed by atoms with E-state index in [4.69, 9.17) is 5.41 Å². The first-order valence-corrected chi connectivity index (χ1v) is 8.99. The molecule has 0 aliphatic rings. The third kappa shape index (κ3) is 5.62. The summed E-state index contributed by atoms with van der Waals surface area (Å²) in [5, 5.41) is 14.6. The normalized spacial score (nSPS) is 10.8. The average Bonchev–Trinajstić information content (AvgIpc) is 2.64. The van der Waals surface area contributed by atoms with E-state index < -0.39 is 0 Å². The predicted octanol–water partition coefficient (Wildman–Crippen LogP) is 3.87. The largest absolute Gasteiger partial charge is 0.394 e. The van der Waals surface area contributed by atoms with Crippen LogP contribution in [0.3, 0.4) is 0 Å². The van der Waals surface area contributed by atoms with Gasteiger partial charge in [0.05, 0.1) is 5.71 Å². The molecule has 0 heterocycles. The quantitative estimate of drug-likeness (QED) is 0.312. The molecule has 2 aromatic rings. The Morgan fingerprint density at radius 1 is 1.12 bits per heavy atom. The Balaban J connectivity index is 2.30. The van der Waals surface area contributed by atoms with Crippen LogP contribution in [0.15, 0.2) is 54.7 Å². The second kappa shape index (κ2) is 9.86. The van der Waals surface area contributed by atoms with Gasteiger partial charge in [-0.2, -0.15) is 0 Å². The highest BCUT2D eigenvalue weighted by Crippen LogP contribution is 2.26. The Kier molecular flexibility index (Phi) is 7.50. The summed E-state index contributed by atoms with van der Waals surface area (Å²) in [5.74, 6) is 0.656. The Bertz CT molecular complexity index is 729. The number of benzene rings is 2. The van der Waals surface area contributed by atoms with Crippen molar-refractivity contribution in [1.29, 1.82) is 5.41 Å². The van der Waals surface area contributed by atoms with E-state index in [1.165, 1.54) is 12.1 Å². The van der Waals surface area contributed by atoms with Crippen LogP contribution in [0.1, 0.15) is 5.56 Å². The molecule has 132 valence electrons. The van der Waals surface area contributed by atoms with Crippen molar-refractivity contribution in [2.24, 2.45) is 0 Å². The Morgan fingerprint density at radius 3 is 2.52 bits per heavy atom. The van der Waals surface area contributed by atoms with E-state index in [1.54, 1.807) is 43.4 Å². The molecule has 0 spiro atoms. The van der Waals surface area contributed by atoms with Crippen LogP contribution in [0.4, 0.5) is 10.1 Å². The molecule has 0 saturated carbocycles. The Hall–Kier alpha value is -2.31. The van der Waals surface area contributed by atoms with Crippen LogP contribution in [0.25, 0.3) is 11.1 Å². The van der Waals surface area contributed by atoms with Gasteiger partial charge >= 0.3 is 0 Å². The van der Waals surface area contributed by atoms with E-state index >= 15 is 0 Å². The number of hydrogen-bond donors (Lipinski definition) is 4. The third-order valence-electron chi connectivity index (χ3n) is 3.57. The standard InChI is InChI=1S/C19H23FN4S/c1-22-10-9-18(21)17-13-15(14-3-6-16(20)7-4-14)5-8-19(17)24-11-12-25-23-2/h3-10,13,21-24H,11-12H2,1-2H3/b10-9-,21-18?. The van der Waals surface area contributed by atoms with Gasteiger partial charge in [0.25, 0.3) is 0 Å². The third-order valence-corrected chi connectivity index (χ3v) is 4.26. The maximum Gasteiger partial charge on any atom is 0.123 e. The molecule has 2 rings (SSSR count). The lowest BCUT2D eigenvalue weighted by molar-refractivity contribution is 0.628. The minimum Gasteiger partial charge on any atom is -0.394 e. The van der Waals surface area contributed by atoms with Crippen LogP contribution in [0.2, 0.25) is 0 Å². The summed E-state index contributed by atoms with van der Waals surface area (Å²) in [7, 11) is 3.69. The van der Waals surface area contributed by atoms with E-state index in [1.807, 2.05) is 25.2 Å². The van der Waals surface area contributed by atoms with Crippen molar-refractivity contribution in [2.75, 3.05) is 31.7 Å². The van der Waals surface area contributed by atoms with Crippen molar-refractivity contribution in [3.05, 3.63) is 66.1 Å². The van der Waals surface area contributed by atoms with Gasteiger partial charge in [-0.05, 0) is 54.7 Å². The second-order valence-corrected chi connectivity index (χ2v) is 6.39. The first kappa shape index (κ1) is 19.0. The highest BCUT2D eigenvalue weighted by Gasteiger charge is 2.09. The molecule has 0 unspecified atom stereocenters. The molecule has 0 fully saturated rings. The fourth-order valence-corrected chi connectivity index (χ4v) is 2.75. The van der Waals surface area contributed by atoms with Crippen LogP contribution < -0.4 is 15.4 Å². The lowest BCUT2D eigenvalue weighted by atomic mass is 9.99. The van der Waals surface area contributed by atoms with Crippen LogP contribution in [0, 0.1) is 11.2 Å². The molecule has 0 atom stereocenters. The Morgan fingerprint density at radius 2 is 1.84 bits per heavy atom. The summed E-state index contributed by atoms with van der Waals surface area (Å²) in [6.45, 7) is 0.789. The van der Waals surface area contributed by atoms with Crippen LogP contribution in [-0.4, -0.2) is 32.1 Å². The van der Waals surface area contributed by atoms with Crippen LogP contribution in [0.5, 0.6) is 0 Å². The molecule has 6 heteroatoms. The van der Waals surface area contributed by atoms with Crippen LogP contribution >= 0.6 is 11.9 Å². The molecule has 0 aromatic heterocycles. The zero-order valence-electron chi connectivity index (χ0n) is 14.4. The van der Waals surface area contributed by atoms with E-state index in [0.717, 1.165) is 34.7 Å². The highest BCUT2D eigenvalue weighted by molar-refractivity contribution is 7.97. The van der Waals surface area contributed by atoms with E-state index in [9.17, 15) is 4.39 Å². The zero-order valence-corrected chi connectivity index (χ0v) is 15.2. The van der Waals surface area contributed by atoms with Gasteiger partial charge in [-0.25, -0.2) is 4.39 Å². The monoisotopic (exact) mass is 358 g/mol. The Labute approximate surface area is 152 Å². The number of allylic oxidation sites excluding steroid dienone is 1. The zero-order chi connectivity index (χ0) is 18.1. The first-order chi connectivity index (χ1) is 12.2. The van der Waals surface area contributed by atoms with E-state index in [2.05, 4.69) is 15.4 Å². The van der Waals surface area contributed by atoms with Crippen molar-refractivity contribution in [3.8, 4) is 11.1 Å². The predicted molar refractivity (Wildman–Crippen MR) is 107 cm³/mol. The summed E-state index contributed by atoms with van der Waals surface area (Å²) >= 11 is 1.63. The summed E-state index contributed by atoms with van der Waals surface area (Å²) < 4.78 is 16.2. The molecule has 2 aromatic carbocycles. The minimum absolute atomic E-state index is 0.256. The second-order valence-electron chi connectivity index (χ2n) is 5.28. The van der Waals surface area contributed by atoms with Gasteiger partial charge in [-0.3, -0.25) is 4.72 Å². The molecule has 4 nitrogen and oxygen atoms in total. The lowest BCUT2D eigenvalue weighted by Crippen LogP contribution is -2.11. The molecule has 25 heavy (non-hydrogen) atoms. The molecule has 0 saturated heterocycles. The van der Waals surface area contributed by atoms with E-state index in [0.29, 0.717) is 5.71 Å². The minimum atomic E-state index is -0.256.